The van der Waals surface area contributed by atoms with Gasteiger partial charge < -0.3 is 5.32 Å². The van der Waals surface area contributed by atoms with Gasteiger partial charge >= 0.3 is 0 Å². The van der Waals surface area contributed by atoms with Crippen LogP contribution in [0.25, 0.3) is 0 Å². The SMILES string of the molecule is CS(=O)(=O)c1ccc(F)c(NC(=O)c2ccccc2F)c1. The topological polar surface area (TPSA) is 63.2 Å². The minimum atomic E-state index is -3.54. The van der Waals surface area contributed by atoms with Crippen LogP contribution in [0.4, 0.5) is 14.5 Å². The summed E-state index contributed by atoms with van der Waals surface area (Å²) in [6, 6.07) is 8.21. The van der Waals surface area contributed by atoms with Gasteiger partial charge in [0.1, 0.15) is 11.6 Å². The van der Waals surface area contributed by atoms with Crippen molar-refractivity contribution in [2.45, 2.75) is 4.90 Å². The fraction of sp³-hybridized carbons (Fsp3) is 0.0714. The molecule has 0 atom stereocenters. The van der Waals surface area contributed by atoms with Gasteiger partial charge in [-0.3, -0.25) is 4.79 Å². The molecule has 110 valence electrons. The maximum atomic E-state index is 13.6. The molecule has 0 fully saturated rings. The van der Waals surface area contributed by atoms with Crippen molar-refractivity contribution in [2.24, 2.45) is 0 Å². The summed E-state index contributed by atoms with van der Waals surface area (Å²) in [4.78, 5) is 11.7. The number of hydrogen-bond acceptors (Lipinski definition) is 3. The molecule has 0 unspecified atom stereocenters. The zero-order valence-corrected chi connectivity index (χ0v) is 11.7. The van der Waals surface area contributed by atoms with Crippen LogP contribution in [0.1, 0.15) is 10.4 Å². The summed E-state index contributed by atoms with van der Waals surface area (Å²) in [6.45, 7) is 0. The maximum absolute atomic E-state index is 13.6. The van der Waals surface area contributed by atoms with Crippen molar-refractivity contribution in [3.8, 4) is 0 Å². The predicted molar refractivity (Wildman–Crippen MR) is 73.9 cm³/mol. The molecular weight excluding hydrogens is 300 g/mol. The second-order valence-corrected chi connectivity index (χ2v) is 6.36. The Morgan fingerprint density at radius 2 is 1.71 bits per heavy atom. The zero-order valence-electron chi connectivity index (χ0n) is 10.9. The Morgan fingerprint density at radius 1 is 1.05 bits per heavy atom. The van der Waals surface area contributed by atoms with Crippen molar-refractivity contribution in [1.82, 2.24) is 0 Å². The highest BCUT2D eigenvalue weighted by Crippen LogP contribution is 2.20. The van der Waals surface area contributed by atoms with Gasteiger partial charge in [-0.1, -0.05) is 12.1 Å². The average Bonchev–Trinajstić information content (AvgIpc) is 2.40. The van der Waals surface area contributed by atoms with E-state index in [2.05, 4.69) is 5.32 Å². The van der Waals surface area contributed by atoms with E-state index >= 15 is 0 Å². The molecule has 0 spiro atoms. The van der Waals surface area contributed by atoms with Crippen LogP contribution in [-0.2, 0) is 9.84 Å². The first-order valence-electron chi connectivity index (χ1n) is 5.84. The number of carbonyl (C=O) groups is 1. The Morgan fingerprint density at radius 3 is 2.33 bits per heavy atom. The molecule has 0 radical (unpaired) electrons. The minimum absolute atomic E-state index is 0.146. The van der Waals surface area contributed by atoms with Gasteiger partial charge in [0.05, 0.1) is 16.1 Å². The van der Waals surface area contributed by atoms with Crippen molar-refractivity contribution in [2.75, 3.05) is 11.6 Å². The molecule has 7 heteroatoms. The lowest BCUT2D eigenvalue weighted by Crippen LogP contribution is -2.15. The van der Waals surface area contributed by atoms with Crippen LogP contribution in [0.5, 0.6) is 0 Å². The van der Waals surface area contributed by atoms with Gasteiger partial charge in [0.25, 0.3) is 5.91 Å². The van der Waals surface area contributed by atoms with E-state index in [-0.39, 0.29) is 16.1 Å². The summed E-state index contributed by atoms with van der Waals surface area (Å²) in [5, 5.41) is 2.16. The molecule has 0 aliphatic heterocycles. The number of rotatable bonds is 3. The van der Waals surface area contributed by atoms with Gasteiger partial charge in [-0.05, 0) is 30.3 Å². The molecule has 0 saturated carbocycles. The molecule has 0 heterocycles. The van der Waals surface area contributed by atoms with Gasteiger partial charge in [-0.15, -0.1) is 0 Å². The Hall–Kier alpha value is -2.28. The van der Waals surface area contributed by atoms with Crippen molar-refractivity contribution in [3.05, 3.63) is 59.7 Å². The van der Waals surface area contributed by atoms with Crippen molar-refractivity contribution < 1.29 is 22.0 Å². The first-order chi connectivity index (χ1) is 9.79. The minimum Gasteiger partial charge on any atom is -0.319 e. The van der Waals surface area contributed by atoms with Crippen molar-refractivity contribution in [3.63, 3.8) is 0 Å². The van der Waals surface area contributed by atoms with Gasteiger partial charge in [0, 0.05) is 6.26 Å². The summed E-state index contributed by atoms with van der Waals surface area (Å²) >= 11 is 0. The first-order valence-corrected chi connectivity index (χ1v) is 7.73. The number of hydrogen-bond donors (Lipinski definition) is 1. The van der Waals surface area contributed by atoms with E-state index in [9.17, 15) is 22.0 Å². The summed E-state index contributed by atoms with van der Waals surface area (Å²) in [7, 11) is -3.54. The van der Waals surface area contributed by atoms with E-state index in [1.54, 1.807) is 0 Å². The lowest BCUT2D eigenvalue weighted by atomic mass is 10.2. The highest BCUT2D eigenvalue weighted by atomic mass is 32.2. The third-order valence-electron chi connectivity index (χ3n) is 2.73. The molecule has 0 saturated heterocycles. The van der Waals surface area contributed by atoms with E-state index in [0.29, 0.717) is 0 Å². The molecule has 0 aliphatic carbocycles. The number of amides is 1. The number of benzene rings is 2. The van der Waals surface area contributed by atoms with E-state index in [0.717, 1.165) is 30.5 Å². The Bertz CT molecular complexity index is 804. The lowest BCUT2D eigenvalue weighted by molar-refractivity contribution is 0.102. The molecule has 2 aromatic carbocycles. The summed E-state index contributed by atoms with van der Waals surface area (Å²) in [5.74, 6) is -2.43. The second-order valence-electron chi connectivity index (χ2n) is 4.35. The van der Waals surface area contributed by atoms with E-state index in [1.165, 1.54) is 18.2 Å². The van der Waals surface area contributed by atoms with E-state index in [4.69, 9.17) is 0 Å². The third kappa shape index (κ3) is 3.43. The molecule has 4 nitrogen and oxygen atoms in total. The van der Waals surface area contributed by atoms with E-state index < -0.39 is 27.4 Å². The molecule has 0 bridgehead atoms. The maximum Gasteiger partial charge on any atom is 0.258 e. The van der Waals surface area contributed by atoms with Crippen LogP contribution in [0, 0.1) is 11.6 Å². The molecular formula is C14H11F2NO3S. The number of anilines is 1. The average molecular weight is 311 g/mol. The quantitative estimate of drug-likeness (QED) is 0.886. The highest BCUT2D eigenvalue weighted by molar-refractivity contribution is 7.90. The van der Waals surface area contributed by atoms with Gasteiger partial charge in [0.2, 0.25) is 0 Å². The number of halogens is 2. The smallest absolute Gasteiger partial charge is 0.258 e. The van der Waals surface area contributed by atoms with Crippen molar-refractivity contribution >= 4 is 21.4 Å². The molecule has 0 aliphatic rings. The van der Waals surface area contributed by atoms with Gasteiger partial charge in [-0.2, -0.15) is 0 Å². The molecule has 0 aromatic heterocycles. The third-order valence-corrected chi connectivity index (χ3v) is 3.84. The van der Waals surface area contributed by atoms with Crippen LogP contribution in [0.15, 0.2) is 47.4 Å². The molecule has 1 amide bonds. The van der Waals surface area contributed by atoms with Crippen LogP contribution < -0.4 is 5.32 Å². The van der Waals surface area contributed by atoms with Crippen LogP contribution in [0.2, 0.25) is 0 Å². The molecule has 2 aromatic rings. The Balaban J connectivity index is 2.36. The predicted octanol–water partition coefficient (Wildman–Crippen LogP) is 2.62. The summed E-state index contributed by atoms with van der Waals surface area (Å²) < 4.78 is 49.9. The summed E-state index contributed by atoms with van der Waals surface area (Å²) in [5.41, 5.74) is -0.590. The Kier molecular flexibility index (Phi) is 4.04. The fourth-order valence-corrected chi connectivity index (χ4v) is 2.31. The molecule has 21 heavy (non-hydrogen) atoms. The van der Waals surface area contributed by atoms with Crippen LogP contribution in [-0.4, -0.2) is 20.6 Å². The molecule has 1 N–H and O–H groups in total. The summed E-state index contributed by atoms with van der Waals surface area (Å²) in [6.07, 6.45) is 0.961. The van der Waals surface area contributed by atoms with Gasteiger partial charge in [-0.25, -0.2) is 17.2 Å². The standard InChI is InChI=1S/C14H11F2NO3S/c1-21(19,20)9-6-7-12(16)13(8-9)17-14(18)10-4-2-3-5-11(10)15/h2-8H,1H3,(H,17,18). The van der Waals surface area contributed by atoms with Crippen LogP contribution in [0.3, 0.4) is 0 Å². The monoisotopic (exact) mass is 311 g/mol. The van der Waals surface area contributed by atoms with Crippen molar-refractivity contribution in [1.29, 1.82) is 0 Å². The Labute approximate surface area is 120 Å². The lowest BCUT2D eigenvalue weighted by Gasteiger charge is -2.08. The number of nitrogens with one attached hydrogen (secondary N) is 1. The number of sulfone groups is 1. The second kappa shape index (κ2) is 5.61. The van der Waals surface area contributed by atoms with E-state index in [1.807, 2.05) is 0 Å². The van der Waals surface area contributed by atoms with Gasteiger partial charge in [0.15, 0.2) is 9.84 Å². The largest absolute Gasteiger partial charge is 0.319 e. The normalized spacial score (nSPS) is 11.2. The number of carbonyl (C=O) groups excluding carboxylic acids is 1. The zero-order chi connectivity index (χ0) is 15.6. The fourth-order valence-electron chi connectivity index (χ4n) is 1.67. The molecule has 2 rings (SSSR count). The highest BCUT2D eigenvalue weighted by Gasteiger charge is 2.15. The first kappa shape index (κ1) is 15.1. The van der Waals surface area contributed by atoms with Crippen LogP contribution >= 0.6 is 0 Å².